The summed E-state index contributed by atoms with van der Waals surface area (Å²) in [6.45, 7) is 3.98. The van der Waals surface area contributed by atoms with E-state index < -0.39 is 0 Å². The number of rotatable bonds is 6. The van der Waals surface area contributed by atoms with E-state index in [9.17, 15) is 4.79 Å². The van der Waals surface area contributed by atoms with Gasteiger partial charge in [-0.05, 0) is 60.5 Å². The number of anilines is 2. The van der Waals surface area contributed by atoms with Crippen LogP contribution in [-0.2, 0) is 6.54 Å². The third kappa shape index (κ3) is 5.30. The van der Waals surface area contributed by atoms with Crippen molar-refractivity contribution in [2.24, 2.45) is 0 Å². The average molecular weight is 520 g/mol. The summed E-state index contributed by atoms with van der Waals surface area (Å²) in [6, 6.07) is 23.0. The van der Waals surface area contributed by atoms with Crippen molar-refractivity contribution in [1.29, 1.82) is 0 Å². The van der Waals surface area contributed by atoms with Gasteiger partial charge >= 0.3 is 0 Å². The zero-order chi connectivity index (χ0) is 26.8. The van der Waals surface area contributed by atoms with Crippen molar-refractivity contribution >= 4 is 39.3 Å². The number of aromatic nitrogens is 3. The third-order valence-corrected chi connectivity index (χ3v) is 6.96. The number of carbonyl (C=O) groups excluding carboxylic acids is 1. The predicted octanol–water partition coefficient (Wildman–Crippen LogP) is 4.23. The van der Waals surface area contributed by atoms with Gasteiger partial charge < -0.3 is 25.6 Å². The molecule has 6 rings (SSSR count). The van der Waals surface area contributed by atoms with E-state index >= 15 is 0 Å². The maximum atomic E-state index is 13.0. The second-order valence-electron chi connectivity index (χ2n) is 9.70. The topological polar surface area (TPSA) is 110 Å². The Morgan fingerprint density at radius 3 is 2.67 bits per heavy atom. The van der Waals surface area contributed by atoms with E-state index in [0.29, 0.717) is 29.3 Å². The van der Waals surface area contributed by atoms with Crippen LogP contribution in [-0.4, -0.2) is 59.0 Å². The number of likely N-dealkylation sites (N-methyl/N-ethyl adjacent to an activating group) is 1. The summed E-state index contributed by atoms with van der Waals surface area (Å²) in [5, 5.41) is 5.88. The van der Waals surface area contributed by atoms with Crippen molar-refractivity contribution in [2.45, 2.75) is 6.54 Å². The first-order chi connectivity index (χ1) is 19.0. The Morgan fingerprint density at radius 1 is 0.949 bits per heavy atom. The Balaban J connectivity index is 1.16. The van der Waals surface area contributed by atoms with Crippen LogP contribution >= 0.6 is 0 Å². The number of nitrogens with two attached hydrogens (primary N) is 1. The van der Waals surface area contributed by atoms with Gasteiger partial charge in [-0.15, -0.1) is 0 Å². The molecule has 0 radical (unpaired) electrons. The van der Waals surface area contributed by atoms with E-state index in [1.807, 2.05) is 66.7 Å². The minimum absolute atomic E-state index is 0.197. The Morgan fingerprint density at radius 2 is 1.79 bits per heavy atom. The summed E-state index contributed by atoms with van der Waals surface area (Å²) >= 11 is 0. The molecule has 3 heterocycles. The van der Waals surface area contributed by atoms with Crippen molar-refractivity contribution in [2.75, 3.05) is 43.9 Å². The minimum atomic E-state index is -0.197. The molecule has 0 bridgehead atoms. The van der Waals surface area contributed by atoms with Gasteiger partial charge in [0.15, 0.2) is 0 Å². The van der Waals surface area contributed by atoms with Crippen LogP contribution in [0, 0.1) is 0 Å². The standard InChI is InChI=1S/C30H29N7O2/c1-36-13-15-37(16-14-36)27-25-10-9-22(18-26(25)34-30(31)35-27)28(38)33-19-20-5-4-7-23(17-20)39-29-24-8-3-2-6-21(24)11-12-32-29/h2-12,17-18H,13-16,19H2,1H3,(H,33,38)(H2,31,34,35). The number of nitrogen functional groups attached to an aromatic ring is 1. The molecular formula is C30H29N7O2. The average Bonchev–Trinajstić information content (AvgIpc) is 2.96. The Labute approximate surface area is 226 Å². The minimum Gasteiger partial charge on any atom is -0.438 e. The first kappa shape index (κ1) is 24.6. The lowest BCUT2D eigenvalue weighted by atomic mass is 10.1. The molecule has 1 amide bonds. The number of piperazine rings is 1. The molecule has 1 aliphatic rings. The van der Waals surface area contributed by atoms with Gasteiger partial charge in [0.1, 0.15) is 11.6 Å². The van der Waals surface area contributed by atoms with Crippen LogP contribution in [0.5, 0.6) is 11.6 Å². The van der Waals surface area contributed by atoms with Gasteiger partial charge in [-0.3, -0.25) is 4.79 Å². The lowest BCUT2D eigenvalue weighted by Gasteiger charge is -2.33. The summed E-state index contributed by atoms with van der Waals surface area (Å²) in [5.74, 6) is 2.02. The first-order valence-corrected chi connectivity index (χ1v) is 12.9. The van der Waals surface area contributed by atoms with Crippen LogP contribution in [0.25, 0.3) is 21.7 Å². The number of fused-ring (bicyclic) bond motifs is 2. The van der Waals surface area contributed by atoms with Gasteiger partial charge in [0.25, 0.3) is 5.91 Å². The molecule has 0 unspecified atom stereocenters. The van der Waals surface area contributed by atoms with Crippen LogP contribution in [0.4, 0.5) is 11.8 Å². The molecule has 1 fully saturated rings. The van der Waals surface area contributed by atoms with Gasteiger partial charge in [0.2, 0.25) is 11.8 Å². The largest absolute Gasteiger partial charge is 0.438 e. The van der Waals surface area contributed by atoms with E-state index in [4.69, 9.17) is 10.5 Å². The molecule has 196 valence electrons. The summed E-state index contributed by atoms with van der Waals surface area (Å²) in [7, 11) is 2.11. The highest BCUT2D eigenvalue weighted by Crippen LogP contribution is 2.29. The van der Waals surface area contributed by atoms with Crippen LogP contribution < -0.4 is 20.7 Å². The molecular weight excluding hydrogens is 490 g/mol. The monoisotopic (exact) mass is 519 g/mol. The lowest BCUT2D eigenvalue weighted by Crippen LogP contribution is -2.45. The quantitative estimate of drug-likeness (QED) is 0.343. The molecule has 2 aromatic heterocycles. The van der Waals surface area contributed by atoms with E-state index in [0.717, 1.165) is 53.7 Å². The number of nitrogens with one attached hydrogen (secondary N) is 1. The molecule has 39 heavy (non-hydrogen) atoms. The number of carbonyl (C=O) groups is 1. The lowest BCUT2D eigenvalue weighted by molar-refractivity contribution is 0.0951. The Kier molecular flexibility index (Phi) is 6.64. The van der Waals surface area contributed by atoms with E-state index in [1.54, 1.807) is 12.3 Å². The fourth-order valence-electron chi connectivity index (χ4n) is 4.82. The predicted molar refractivity (Wildman–Crippen MR) is 153 cm³/mol. The normalized spacial score (nSPS) is 14.0. The Hall–Kier alpha value is -4.76. The zero-order valence-electron chi connectivity index (χ0n) is 21.7. The van der Waals surface area contributed by atoms with Gasteiger partial charge in [-0.1, -0.05) is 30.3 Å². The SMILES string of the molecule is CN1CCN(c2nc(N)nc3cc(C(=O)NCc4cccc(Oc5nccc6ccccc56)c4)ccc23)CC1. The second-order valence-corrected chi connectivity index (χ2v) is 9.70. The number of amides is 1. The number of nitrogens with zero attached hydrogens (tertiary/aromatic N) is 5. The van der Waals surface area contributed by atoms with Crippen molar-refractivity contribution in [1.82, 2.24) is 25.2 Å². The van der Waals surface area contributed by atoms with Crippen molar-refractivity contribution in [3.05, 3.63) is 90.1 Å². The molecule has 9 nitrogen and oxygen atoms in total. The van der Waals surface area contributed by atoms with Crippen LogP contribution in [0.3, 0.4) is 0 Å². The van der Waals surface area contributed by atoms with Gasteiger partial charge in [-0.25, -0.2) is 9.97 Å². The molecule has 0 aliphatic carbocycles. The van der Waals surface area contributed by atoms with Gasteiger partial charge in [0.05, 0.1) is 5.52 Å². The smallest absolute Gasteiger partial charge is 0.251 e. The Bertz CT molecular complexity index is 1660. The molecule has 3 aromatic carbocycles. The van der Waals surface area contributed by atoms with E-state index in [1.165, 1.54) is 0 Å². The molecule has 0 saturated carbocycles. The van der Waals surface area contributed by atoms with E-state index in [-0.39, 0.29) is 11.9 Å². The fourth-order valence-corrected chi connectivity index (χ4v) is 4.82. The van der Waals surface area contributed by atoms with Gasteiger partial charge in [0, 0.05) is 55.3 Å². The maximum absolute atomic E-state index is 13.0. The van der Waals surface area contributed by atoms with Gasteiger partial charge in [-0.2, -0.15) is 4.98 Å². The first-order valence-electron chi connectivity index (χ1n) is 12.9. The molecule has 0 spiro atoms. The van der Waals surface area contributed by atoms with Crippen molar-refractivity contribution in [3.8, 4) is 11.6 Å². The third-order valence-electron chi connectivity index (χ3n) is 6.96. The summed E-state index contributed by atoms with van der Waals surface area (Å²) < 4.78 is 6.09. The zero-order valence-corrected chi connectivity index (χ0v) is 21.7. The maximum Gasteiger partial charge on any atom is 0.251 e. The summed E-state index contributed by atoms with van der Waals surface area (Å²) in [5.41, 5.74) is 8.12. The highest BCUT2D eigenvalue weighted by molar-refractivity contribution is 6.00. The molecule has 5 aromatic rings. The van der Waals surface area contributed by atoms with Crippen LogP contribution in [0.2, 0.25) is 0 Å². The van der Waals surface area contributed by atoms with Crippen LogP contribution in [0.15, 0.2) is 79.0 Å². The van der Waals surface area contributed by atoms with Crippen molar-refractivity contribution in [3.63, 3.8) is 0 Å². The highest BCUT2D eigenvalue weighted by Gasteiger charge is 2.19. The highest BCUT2D eigenvalue weighted by atomic mass is 16.5. The number of hydrogen-bond acceptors (Lipinski definition) is 8. The number of pyridine rings is 1. The van der Waals surface area contributed by atoms with Crippen molar-refractivity contribution < 1.29 is 9.53 Å². The molecule has 3 N–H and O–H groups in total. The molecule has 9 heteroatoms. The number of benzene rings is 3. The van der Waals surface area contributed by atoms with E-state index in [2.05, 4.69) is 37.1 Å². The number of ether oxygens (including phenoxy) is 1. The fraction of sp³-hybridized carbons (Fsp3) is 0.200. The number of hydrogen-bond donors (Lipinski definition) is 2. The summed E-state index contributed by atoms with van der Waals surface area (Å²) in [6.07, 6.45) is 1.73. The molecule has 1 aliphatic heterocycles. The molecule has 0 atom stereocenters. The summed E-state index contributed by atoms with van der Waals surface area (Å²) in [4.78, 5) is 30.9. The molecule has 1 saturated heterocycles. The van der Waals surface area contributed by atoms with Crippen LogP contribution in [0.1, 0.15) is 15.9 Å². The second kappa shape index (κ2) is 10.5.